The quantitative estimate of drug-likeness (QED) is 0.785. The summed E-state index contributed by atoms with van der Waals surface area (Å²) in [6.07, 6.45) is 2.05. The largest absolute Gasteiger partial charge is 0.444 e. The molecule has 2 heterocycles. The molecule has 7 heteroatoms. The first-order valence-electron chi connectivity index (χ1n) is 11.0. The lowest BCUT2D eigenvalue weighted by molar-refractivity contribution is -0.127. The van der Waals surface area contributed by atoms with Gasteiger partial charge in [0.1, 0.15) is 11.6 Å². The Labute approximate surface area is 184 Å². The van der Waals surface area contributed by atoms with Gasteiger partial charge in [-0.3, -0.25) is 14.4 Å². The summed E-state index contributed by atoms with van der Waals surface area (Å²) in [5, 5.41) is 7.53. The summed E-state index contributed by atoms with van der Waals surface area (Å²) in [4.78, 5) is 27.0. The Balaban J connectivity index is 1.61. The van der Waals surface area contributed by atoms with Crippen molar-refractivity contribution in [1.29, 1.82) is 0 Å². The lowest BCUT2D eigenvalue weighted by Gasteiger charge is -2.35. The molecule has 2 aromatic rings. The average Bonchev–Trinajstić information content (AvgIpc) is 3.02. The molecule has 0 saturated carbocycles. The first-order valence-corrected chi connectivity index (χ1v) is 11.0. The molecule has 7 nitrogen and oxygen atoms in total. The molecular formula is C24H34N4O3. The van der Waals surface area contributed by atoms with E-state index in [2.05, 4.69) is 28.6 Å². The van der Waals surface area contributed by atoms with Crippen LogP contribution in [0.1, 0.15) is 62.5 Å². The van der Waals surface area contributed by atoms with Crippen LogP contribution in [0.4, 0.5) is 4.79 Å². The number of likely N-dealkylation sites (tertiary alicyclic amines) is 1. The normalized spacial score (nSPS) is 16.8. The SMILES string of the molecule is Cc1cc(C)n(Cc2cccc(CNC(=O)C3CCCCN3C(=O)OC(C)(C)C)c2)n1. The fraction of sp³-hybridized carbons (Fsp3) is 0.542. The third-order valence-corrected chi connectivity index (χ3v) is 5.33. The minimum absolute atomic E-state index is 0.130. The van der Waals surface area contributed by atoms with Crippen LogP contribution in [0.5, 0.6) is 0 Å². The van der Waals surface area contributed by atoms with Gasteiger partial charge in [0, 0.05) is 18.8 Å². The van der Waals surface area contributed by atoms with E-state index in [0.717, 1.165) is 35.4 Å². The molecule has 31 heavy (non-hydrogen) atoms. The third-order valence-electron chi connectivity index (χ3n) is 5.33. The zero-order valence-corrected chi connectivity index (χ0v) is 19.3. The first-order chi connectivity index (χ1) is 14.6. The van der Waals surface area contributed by atoms with Crippen molar-refractivity contribution in [3.05, 3.63) is 52.8 Å². The Morgan fingerprint density at radius 1 is 1.16 bits per heavy atom. The summed E-state index contributed by atoms with van der Waals surface area (Å²) in [6.45, 7) is 11.2. The van der Waals surface area contributed by atoms with Crippen molar-refractivity contribution in [3.63, 3.8) is 0 Å². The van der Waals surface area contributed by atoms with E-state index in [1.807, 2.05) is 51.4 Å². The highest BCUT2D eigenvalue weighted by Crippen LogP contribution is 2.21. The molecule has 1 fully saturated rings. The monoisotopic (exact) mass is 426 g/mol. The van der Waals surface area contributed by atoms with Gasteiger partial charge in [-0.2, -0.15) is 5.10 Å². The molecule has 0 radical (unpaired) electrons. The molecule has 1 aromatic heterocycles. The molecule has 168 valence electrons. The second-order valence-electron chi connectivity index (χ2n) is 9.31. The molecule has 1 unspecified atom stereocenters. The van der Waals surface area contributed by atoms with Crippen LogP contribution in [-0.4, -0.2) is 44.9 Å². The lowest BCUT2D eigenvalue weighted by atomic mass is 10.0. The molecule has 0 aliphatic carbocycles. The summed E-state index contributed by atoms with van der Waals surface area (Å²) < 4.78 is 7.48. The van der Waals surface area contributed by atoms with E-state index >= 15 is 0 Å². The number of ether oxygens (including phenoxy) is 1. The van der Waals surface area contributed by atoms with Crippen LogP contribution in [0.2, 0.25) is 0 Å². The molecule has 0 spiro atoms. The number of carbonyl (C=O) groups excluding carboxylic acids is 2. The number of rotatable bonds is 5. The number of nitrogens with one attached hydrogen (secondary N) is 1. The van der Waals surface area contributed by atoms with Crippen LogP contribution < -0.4 is 5.32 Å². The maximum atomic E-state index is 12.9. The van der Waals surface area contributed by atoms with E-state index in [9.17, 15) is 9.59 Å². The average molecular weight is 427 g/mol. The molecular weight excluding hydrogens is 392 g/mol. The van der Waals surface area contributed by atoms with E-state index in [4.69, 9.17) is 4.74 Å². The standard InChI is InChI=1S/C24H34N4O3/c1-17-13-18(2)28(26-17)16-20-10-8-9-19(14-20)15-25-22(29)21-11-6-7-12-27(21)23(30)31-24(3,4)5/h8-10,13-14,21H,6-7,11-12,15-16H2,1-5H3,(H,25,29). The van der Waals surface area contributed by atoms with Crippen LogP contribution >= 0.6 is 0 Å². The minimum Gasteiger partial charge on any atom is -0.444 e. The van der Waals surface area contributed by atoms with Crippen molar-refractivity contribution in [1.82, 2.24) is 20.0 Å². The van der Waals surface area contributed by atoms with Gasteiger partial charge in [0.25, 0.3) is 0 Å². The van der Waals surface area contributed by atoms with Gasteiger partial charge in [0.05, 0.1) is 12.2 Å². The van der Waals surface area contributed by atoms with Gasteiger partial charge in [-0.05, 0) is 71.1 Å². The number of aryl methyl sites for hydroxylation is 2. The molecule has 1 aliphatic rings. The van der Waals surface area contributed by atoms with Crippen molar-refractivity contribution < 1.29 is 14.3 Å². The number of piperidine rings is 1. The van der Waals surface area contributed by atoms with E-state index in [0.29, 0.717) is 26.1 Å². The molecule has 1 aliphatic heterocycles. The van der Waals surface area contributed by atoms with Gasteiger partial charge in [-0.15, -0.1) is 0 Å². The highest BCUT2D eigenvalue weighted by Gasteiger charge is 2.34. The minimum atomic E-state index is -0.582. The Morgan fingerprint density at radius 3 is 2.58 bits per heavy atom. The van der Waals surface area contributed by atoms with Crippen LogP contribution in [0.3, 0.4) is 0 Å². The summed E-state index contributed by atoms with van der Waals surface area (Å²) in [5.74, 6) is -0.130. The number of nitrogens with zero attached hydrogens (tertiary/aromatic N) is 3. The van der Waals surface area contributed by atoms with Crippen molar-refractivity contribution in [3.8, 4) is 0 Å². The molecule has 3 rings (SSSR count). The van der Waals surface area contributed by atoms with E-state index < -0.39 is 17.7 Å². The number of carbonyl (C=O) groups is 2. The Morgan fingerprint density at radius 2 is 1.90 bits per heavy atom. The lowest BCUT2D eigenvalue weighted by Crippen LogP contribution is -2.52. The number of aromatic nitrogens is 2. The maximum absolute atomic E-state index is 12.9. The van der Waals surface area contributed by atoms with Crippen LogP contribution in [-0.2, 0) is 22.6 Å². The van der Waals surface area contributed by atoms with E-state index in [1.54, 1.807) is 4.90 Å². The molecule has 1 atom stereocenters. The van der Waals surface area contributed by atoms with Crippen molar-refractivity contribution in [2.45, 2.75) is 78.6 Å². The summed E-state index contributed by atoms with van der Waals surface area (Å²) in [7, 11) is 0. The smallest absolute Gasteiger partial charge is 0.410 e. The van der Waals surface area contributed by atoms with Gasteiger partial charge >= 0.3 is 6.09 Å². The van der Waals surface area contributed by atoms with Gasteiger partial charge in [-0.1, -0.05) is 24.3 Å². The van der Waals surface area contributed by atoms with Crippen LogP contribution in [0.15, 0.2) is 30.3 Å². The Bertz CT molecular complexity index is 929. The Hall–Kier alpha value is -2.83. The number of hydrogen-bond donors (Lipinski definition) is 1. The van der Waals surface area contributed by atoms with Crippen molar-refractivity contribution in [2.24, 2.45) is 0 Å². The van der Waals surface area contributed by atoms with E-state index in [-0.39, 0.29) is 5.91 Å². The van der Waals surface area contributed by atoms with Gasteiger partial charge in [0.2, 0.25) is 5.91 Å². The van der Waals surface area contributed by atoms with Gasteiger partial charge in [-0.25, -0.2) is 4.79 Å². The van der Waals surface area contributed by atoms with Crippen molar-refractivity contribution >= 4 is 12.0 Å². The summed E-state index contributed by atoms with van der Waals surface area (Å²) >= 11 is 0. The summed E-state index contributed by atoms with van der Waals surface area (Å²) in [6, 6.07) is 9.72. The third kappa shape index (κ3) is 6.32. The first kappa shape index (κ1) is 22.8. The molecule has 2 amide bonds. The zero-order chi connectivity index (χ0) is 22.6. The fourth-order valence-corrected chi connectivity index (χ4v) is 3.90. The zero-order valence-electron chi connectivity index (χ0n) is 19.3. The second kappa shape index (κ2) is 9.54. The van der Waals surface area contributed by atoms with Crippen LogP contribution in [0, 0.1) is 13.8 Å². The second-order valence-corrected chi connectivity index (χ2v) is 9.31. The molecule has 0 bridgehead atoms. The van der Waals surface area contributed by atoms with Gasteiger partial charge in [0.15, 0.2) is 0 Å². The van der Waals surface area contributed by atoms with Crippen LogP contribution in [0.25, 0.3) is 0 Å². The van der Waals surface area contributed by atoms with Gasteiger partial charge < -0.3 is 10.1 Å². The number of hydrogen-bond acceptors (Lipinski definition) is 4. The molecule has 1 aromatic carbocycles. The molecule has 1 saturated heterocycles. The number of amides is 2. The predicted molar refractivity (Wildman–Crippen MR) is 120 cm³/mol. The fourth-order valence-electron chi connectivity index (χ4n) is 3.90. The number of benzene rings is 1. The summed E-state index contributed by atoms with van der Waals surface area (Å²) in [5.41, 5.74) is 3.69. The highest BCUT2D eigenvalue weighted by atomic mass is 16.6. The van der Waals surface area contributed by atoms with E-state index in [1.165, 1.54) is 0 Å². The Kier molecular flexibility index (Phi) is 7.03. The maximum Gasteiger partial charge on any atom is 0.410 e. The predicted octanol–water partition coefficient (Wildman–Crippen LogP) is 3.95. The molecule has 1 N–H and O–H groups in total. The topological polar surface area (TPSA) is 76.5 Å². The van der Waals surface area contributed by atoms with Crippen molar-refractivity contribution in [2.75, 3.05) is 6.54 Å². The highest BCUT2D eigenvalue weighted by molar-refractivity contribution is 5.85.